The quantitative estimate of drug-likeness (QED) is 0.721. The Bertz CT molecular complexity index is 480. The minimum atomic E-state index is -1.16. The summed E-state index contributed by atoms with van der Waals surface area (Å²) in [5.41, 5.74) is -0.00596. The Kier molecular flexibility index (Phi) is 1.63. The van der Waals surface area contributed by atoms with Crippen LogP contribution < -0.4 is 0 Å². The number of carboxylic acid groups (broad SMARTS) is 1. The largest absolute Gasteiger partial charge is 0.476 e. The fraction of sp³-hybridized carbons (Fsp3) is 0. The second-order valence-corrected chi connectivity index (χ2v) is 2.72. The molecule has 0 saturated carbocycles. The van der Waals surface area contributed by atoms with Crippen molar-refractivity contribution in [1.82, 2.24) is 19.8 Å². The molecule has 0 radical (unpaired) electrons. The van der Waals surface area contributed by atoms with E-state index in [1.807, 2.05) is 0 Å². The van der Waals surface area contributed by atoms with Crippen LogP contribution in [0.1, 0.15) is 10.5 Å². The Morgan fingerprint density at radius 3 is 3.08 bits per heavy atom. The molecular formula is C6H3ClN4O2. The Balaban J connectivity index is 2.76. The zero-order chi connectivity index (χ0) is 9.42. The molecule has 2 aromatic rings. The third-order valence-electron chi connectivity index (χ3n) is 1.43. The predicted molar refractivity (Wildman–Crippen MR) is 42.8 cm³/mol. The van der Waals surface area contributed by atoms with Crippen molar-refractivity contribution in [2.75, 3.05) is 0 Å². The van der Waals surface area contributed by atoms with Crippen LogP contribution >= 0.6 is 11.6 Å². The van der Waals surface area contributed by atoms with Crippen molar-refractivity contribution >= 4 is 23.2 Å². The summed E-state index contributed by atoms with van der Waals surface area (Å²) >= 11 is 5.61. The van der Waals surface area contributed by atoms with E-state index in [9.17, 15) is 4.79 Å². The molecule has 0 atom stereocenters. The van der Waals surface area contributed by atoms with Crippen molar-refractivity contribution < 1.29 is 9.90 Å². The zero-order valence-electron chi connectivity index (χ0n) is 6.18. The number of nitrogens with zero attached hydrogens (tertiary/aromatic N) is 4. The van der Waals surface area contributed by atoms with Gasteiger partial charge in [0.25, 0.3) is 0 Å². The van der Waals surface area contributed by atoms with Gasteiger partial charge < -0.3 is 5.11 Å². The molecule has 13 heavy (non-hydrogen) atoms. The van der Waals surface area contributed by atoms with E-state index < -0.39 is 5.97 Å². The number of hydrogen-bond acceptors (Lipinski definition) is 4. The highest BCUT2D eigenvalue weighted by atomic mass is 35.5. The summed E-state index contributed by atoms with van der Waals surface area (Å²) in [5.74, 6) is -1.16. The molecular weight excluding hydrogens is 196 g/mol. The van der Waals surface area contributed by atoms with E-state index >= 15 is 0 Å². The SMILES string of the molecule is O=C(O)c1nnn2cc(Cl)cnc12. The Labute approximate surface area is 76.8 Å². The van der Waals surface area contributed by atoms with Gasteiger partial charge in [-0.2, -0.15) is 4.52 Å². The molecule has 6 nitrogen and oxygen atoms in total. The van der Waals surface area contributed by atoms with Gasteiger partial charge in [-0.3, -0.25) is 0 Å². The Hall–Kier alpha value is -1.69. The van der Waals surface area contributed by atoms with Gasteiger partial charge in [-0.15, -0.1) is 5.10 Å². The molecule has 0 saturated heterocycles. The third-order valence-corrected chi connectivity index (χ3v) is 1.62. The maximum atomic E-state index is 10.6. The van der Waals surface area contributed by atoms with Crippen LogP contribution in [0.25, 0.3) is 5.65 Å². The molecule has 0 aromatic carbocycles. The third kappa shape index (κ3) is 1.20. The normalized spacial score (nSPS) is 10.5. The fourth-order valence-electron chi connectivity index (χ4n) is 0.907. The molecule has 0 spiro atoms. The number of aromatic carboxylic acids is 1. The smallest absolute Gasteiger partial charge is 0.360 e. The van der Waals surface area contributed by atoms with Crippen molar-refractivity contribution in [1.29, 1.82) is 0 Å². The van der Waals surface area contributed by atoms with Crippen molar-refractivity contribution in [2.45, 2.75) is 0 Å². The number of carbonyl (C=O) groups is 1. The maximum Gasteiger partial charge on any atom is 0.360 e. The van der Waals surface area contributed by atoms with Crippen molar-refractivity contribution in [2.24, 2.45) is 0 Å². The lowest BCUT2D eigenvalue weighted by Gasteiger charge is -1.91. The average Bonchev–Trinajstić information content (AvgIpc) is 2.46. The Morgan fingerprint density at radius 2 is 2.38 bits per heavy atom. The van der Waals surface area contributed by atoms with Gasteiger partial charge in [0.1, 0.15) is 0 Å². The first-order valence-electron chi connectivity index (χ1n) is 3.28. The topological polar surface area (TPSA) is 80.4 Å². The second-order valence-electron chi connectivity index (χ2n) is 2.28. The van der Waals surface area contributed by atoms with Gasteiger partial charge in [-0.05, 0) is 0 Å². The minimum absolute atomic E-state index is 0.178. The lowest BCUT2D eigenvalue weighted by molar-refractivity contribution is 0.0692. The van der Waals surface area contributed by atoms with E-state index in [2.05, 4.69) is 15.3 Å². The van der Waals surface area contributed by atoms with E-state index in [1.54, 1.807) is 0 Å². The number of hydrogen-bond donors (Lipinski definition) is 1. The zero-order valence-corrected chi connectivity index (χ0v) is 6.93. The van der Waals surface area contributed by atoms with Gasteiger partial charge in [0.2, 0.25) is 5.69 Å². The van der Waals surface area contributed by atoms with Gasteiger partial charge in [-0.1, -0.05) is 16.8 Å². The van der Waals surface area contributed by atoms with E-state index in [0.29, 0.717) is 5.02 Å². The number of carboxylic acids is 1. The predicted octanol–water partition coefficient (Wildman–Crippen LogP) is 0.476. The summed E-state index contributed by atoms with van der Waals surface area (Å²) in [6.07, 6.45) is 2.77. The second kappa shape index (κ2) is 2.67. The van der Waals surface area contributed by atoms with Crippen LogP contribution in [0.5, 0.6) is 0 Å². The number of halogens is 1. The van der Waals surface area contributed by atoms with Gasteiger partial charge in [0.05, 0.1) is 11.2 Å². The van der Waals surface area contributed by atoms with Gasteiger partial charge >= 0.3 is 5.97 Å². The maximum absolute atomic E-state index is 10.6. The highest BCUT2D eigenvalue weighted by molar-refractivity contribution is 6.30. The van der Waals surface area contributed by atoms with E-state index in [4.69, 9.17) is 16.7 Å². The van der Waals surface area contributed by atoms with E-state index in [0.717, 1.165) is 0 Å². The van der Waals surface area contributed by atoms with Gasteiger partial charge in [0, 0.05) is 6.20 Å². The highest BCUT2D eigenvalue weighted by Crippen LogP contribution is 2.09. The molecule has 0 fully saturated rings. The standard InChI is InChI=1S/C6H3ClN4O2/c7-3-1-8-5-4(6(12)13)9-10-11(5)2-3/h1-2H,(H,12,13). The number of fused-ring (bicyclic) bond motifs is 1. The van der Waals surface area contributed by atoms with Crippen LogP contribution in [-0.2, 0) is 0 Å². The molecule has 1 N–H and O–H groups in total. The molecule has 2 heterocycles. The molecule has 0 unspecified atom stereocenters. The van der Waals surface area contributed by atoms with Crippen LogP contribution in [-0.4, -0.2) is 30.9 Å². The Morgan fingerprint density at radius 1 is 1.62 bits per heavy atom. The first-order chi connectivity index (χ1) is 6.18. The summed E-state index contributed by atoms with van der Waals surface area (Å²) in [7, 11) is 0. The lowest BCUT2D eigenvalue weighted by Crippen LogP contribution is -1.98. The van der Waals surface area contributed by atoms with Crippen LogP contribution in [0.2, 0.25) is 5.02 Å². The summed E-state index contributed by atoms with van der Waals surface area (Å²) in [6, 6.07) is 0. The van der Waals surface area contributed by atoms with Crippen LogP contribution in [0, 0.1) is 0 Å². The van der Waals surface area contributed by atoms with Crippen molar-refractivity contribution in [3.05, 3.63) is 23.1 Å². The molecule has 2 rings (SSSR count). The average molecular weight is 199 g/mol. The first-order valence-corrected chi connectivity index (χ1v) is 3.66. The summed E-state index contributed by atoms with van der Waals surface area (Å²) in [4.78, 5) is 14.4. The van der Waals surface area contributed by atoms with Crippen LogP contribution in [0.3, 0.4) is 0 Å². The van der Waals surface area contributed by atoms with Crippen molar-refractivity contribution in [3.8, 4) is 0 Å². The minimum Gasteiger partial charge on any atom is -0.476 e. The molecule has 66 valence electrons. The summed E-state index contributed by atoms with van der Waals surface area (Å²) in [5, 5.41) is 16.0. The molecule has 0 bridgehead atoms. The monoisotopic (exact) mass is 198 g/mol. The fourth-order valence-corrected chi connectivity index (χ4v) is 1.05. The van der Waals surface area contributed by atoms with Gasteiger partial charge in [0.15, 0.2) is 5.65 Å². The number of rotatable bonds is 1. The molecule has 0 aliphatic carbocycles. The lowest BCUT2D eigenvalue weighted by atomic mass is 10.4. The molecule has 0 aliphatic heterocycles. The molecule has 2 aromatic heterocycles. The highest BCUT2D eigenvalue weighted by Gasteiger charge is 2.14. The first kappa shape index (κ1) is 7.93. The van der Waals surface area contributed by atoms with Gasteiger partial charge in [-0.25, -0.2) is 9.78 Å². The van der Waals surface area contributed by atoms with Crippen LogP contribution in [0.15, 0.2) is 12.4 Å². The molecule has 0 amide bonds. The summed E-state index contributed by atoms with van der Waals surface area (Å²) in [6.45, 7) is 0. The number of aromatic nitrogens is 4. The van der Waals surface area contributed by atoms with Crippen LogP contribution in [0.4, 0.5) is 0 Å². The van der Waals surface area contributed by atoms with Crippen molar-refractivity contribution in [3.63, 3.8) is 0 Å². The summed E-state index contributed by atoms with van der Waals surface area (Å²) < 4.78 is 1.21. The van der Waals surface area contributed by atoms with E-state index in [-0.39, 0.29) is 11.3 Å². The van der Waals surface area contributed by atoms with E-state index in [1.165, 1.54) is 16.9 Å². The molecule has 7 heteroatoms. The molecule has 0 aliphatic rings.